The third kappa shape index (κ3) is 2.61. The van der Waals surface area contributed by atoms with Gasteiger partial charge in [0.2, 0.25) is 15.3 Å². The van der Waals surface area contributed by atoms with Crippen LogP contribution >= 0.6 is 0 Å². The normalized spacial score (nSPS) is 11.6. The molecule has 0 saturated carbocycles. The van der Waals surface area contributed by atoms with E-state index in [1.165, 1.54) is 31.5 Å². The molecule has 3 aromatic rings. The highest BCUT2D eigenvalue weighted by Gasteiger charge is 2.22. The van der Waals surface area contributed by atoms with E-state index in [4.69, 9.17) is 4.74 Å². The molecular formula is C17H15NO4S. The van der Waals surface area contributed by atoms with E-state index < -0.39 is 15.3 Å². The molecule has 0 aliphatic carbocycles. The van der Waals surface area contributed by atoms with Gasteiger partial charge in [-0.2, -0.15) is 0 Å². The first-order valence-corrected chi connectivity index (χ1v) is 8.43. The van der Waals surface area contributed by atoms with Crippen LogP contribution in [-0.4, -0.2) is 20.5 Å². The zero-order chi connectivity index (χ0) is 16.6. The van der Waals surface area contributed by atoms with Crippen LogP contribution in [-0.2, 0) is 9.84 Å². The van der Waals surface area contributed by atoms with Crippen LogP contribution in [0.25, 0.3) is 10.9 Å². The summed E-state index contributed by atoms with van der Waals surface area (Å²) < 4.78 is 30.5. The van der Waals surface area contributed by atoms with Gasteiger partial charge in [0.25, 0.3) is 0 Å². The number of nitrogens with one attached hydrogen (secondary N) is 1. The highest BCUT2D eigenvalue weighted by molar-refractivity contribution is 7.91. The molecule has 0 amide bonds. The van der Waals surface area contributed by atoms with Crippen molar-refractivity contribution in [1.29, 1.82) is 0 Å². The first kappa shape index (κ1) is 15.3. The number of rotatable bonds is 3. The fourth-order valence-corrected chi connectivity index (χ4v) is 3.67. The first-order chi connectivity index (χ1) is 10.9. The second-order valence-electron chi connectivity index (χ2n) is 5.21. The van der Waals surface area contributed by atoms with Gasteiger partial charge in [-0.1, -0.05) is 17.7 Å². The average molecular weight is 329 g/mol. The number of pyridine rings is 1. The summed E-state index contributed by atoms with van der Waals surface area (Å²) in [6.07, 6.45) is 1.24. The van der Waals surface area contributed by atoms with E-state index in [1.807, 2.05) is 6.92 Å². The van der Waals surface area contributed by atoms with Gasteiger partial charge in [0.15, 0.2) is 0 Å². The number of sulfone groups is 1. The number of hydrogen-bond donors (Lipinski definition) is 1. The van der Waals surface area contributed by atoms with Crippen molar-refractivity contribution < 1.29 is 13.2 Å². The van der Waals surface area contributed by atoms with Crippen molar-refractivity contribution in [2.45, 2.75) is 16.7 Å². The topological polar surface area (TPSA) is 76.2 Å². The fourth-order valence-electron chi connectivity index (χ4n) is 2.35. The second kappa shape index (κ2) is 5.55. The lowest BCUT2D eigenvalue weighted by molar-refractivity contribution is 0.415. The maximum Gasteiger partial charge on any atom is 0.211 e. The number of aromatic amines is 1. The summed E-state index contributed by atoms with van der Waals surface area (Å²) >= 11 is 0. The molecule has 0 spiro atoms. The minimum Gasteiger partial charge on any atom is -0.497 e. The fraction of sp³-hybridized carbons (Fsp3) is 0.118. The highest BCUT2D eigenvalue weighted by atomic mass is 32.2. The Morgan fingerprint density at radius 2 is 1.74 bits per heavy atom. The zero-order valence-corrected chi connectivity index (χ0v) is 13.5. The third-order valence-corrected chi connectivity index (χ3v) is 5.45. The van der Waals surface area contributed by atoms with Gasteiger partial charge in [-0.05, 0) is 37.3 Å². The van der Waals surface area contributed by atoms with E-state index >= 15 is 0 Å². The summed E-state index contributed by atoms with van der Waals surface area (Å²) in [4.78, 5) is 15.3. The number of H-pyrrole nitrogens is 1. The Bertz CT molecular complexity index is 1030. The van der Waals surface area contributed by atoms with E-state index in [1.54, 1.807) is 24.3 Å². The largest absolute Gasteiger partial charge is 0.497 e. The van der Waals surface area contributed by atoms with Gasteiger partial charge in [-0.3, -0.25) is 4.79 Å². The lowest BCUT2D eigenvalue weighted by Gasteiger charge is -2.07. The molecule has 0 saturated heterocycles. The Kier molecular flexibility index (Phi) is 3.69. The summed E-state index contributed by atoms with van der Waals surface area (Å²) in [7, 11) is -2.39. The summed E-state index contributed by atoms with van der Waals surface area (Å²) in [5, 5.41) is 0.275. The molecule has 2 aromatic carbocycles. The average Bonchev–Trinajstić information content (AvgIpc) is 2.55. The Balaban J connectivity index is 2.25. The van der Waals surface area contributed by atoms with Crippen molar-refractivity contribution >= 4 is 20.7 Å². The van der Waals surface area contributed by atoms with Crippen LogP contribution in [0.2, 0.25) is 0 Å². The van der Waals surface area contributed by atoms with E-state index in [0.29, 0.717) is 11.3 Å². The first-order valence-electron chi connectivity index (χ1n) is 6.94. The molecule has 1 aromatic heterocycles. The molecule has 118 valence electrons. The zero-order valence-electron chi connectivity index (χ0n) is 12.7. The number of benzene rings is 2. The van der Waals surface area contributed by atoms with Crippen LogP contribution < -0.4 is 10.2 Å². The lowest BCUT2D eigenvalue weighted by atomic mass is 10.2. The highest BCUT2D eigenvalue weighted by Crippen LogP contribution is 2.22. The molecule has 1 N–H and O–H groups in total. The molecular weight excluding hydrogens is 314 g/mol. The molecule has 5 nitrogen and oxygen atoms in total. The smallest absolute Gasteiger partial charge is 0.211 e. The molecule has 0 bridgehead atoms. The number of aromatic nitrogens is 1. The number of ether oxygens (including phenoxy) is 1. The van der Waals surface area contributed by atoms with Crippen molar-refractivity contribution in [2.24, 2.45) is 0 Å². The number of methoxy groups -OCH3 is 1. The molecule has 0 aliphatic rings. The number of hydrogen-bond acceptors (Lipinski definition) is 4. The number of fused-ring (bicyclic) bond motifs is 1. The van der Waals surface area contributed by atoms with Crippen LogP contribution in [0, 0.1) is 6.92 Å². The molecule has 0 unspecified atom stereocenters. The van der Waals surface area contributed by atoms with Crippen LogP contribution in [0.3, 0.4) is 0 Å². The molecule has 0 fully saturated rings. The van der Waals surface area contributed by atoms with Gasteiger partial charge in [0.1, 0.15) is 10.6 Å². The molecule has 23 heavy (non-hydrogen) atoms. The van der Waals surface area contributed by atoms with Crippen LogP contribution in [0.1, 0.15) is 5.56 Å². The Hall–Kier alpha value is -2.60. The van der Waals surface area contributed by atoms with Crippen molar-refractivity contribution in [1.82, 2.24) is 4.98 Å². The van der Waals surface area contributed by atoms with E-state index in [0.717, 1.165) is 5.56 Å². The molecule has 6 heteroatoms. The monoisotopic (exact) mass is 329 g/mol. The third-order valence-electron chi connectivity index (χ3n) is 3.67. The van der Waals surface area contributed by atoms with Crippen molar-refractivity contribution in [3.8, 4) is 5.75 Å². The maximum atomic E-state index is 12.7. The van der Waals surface area contributed by atoms with Gasteiger partial charge in [-0.25, -0.2) is 8.42 Å². The van der Waals surface area contributed by atoms with Gasteiger partial charge >= 0.3 is 0 Å². The van der Waals surface area contributed by atoms with Crippen molar-refractivity contribution in [3.05, 3.63) is 64.4 Å². The quantitative estimate of drug-likeness (QED) is 0.801. The Labute approximate surface area is 133 Å². The minimum atomic E-state index is -3.88. The summed E-state index contributed by atoms with van der Waals surface area (Å²) in [5.41, 5.74) is 0.956. The molecule has 3 rings (SSSR count). The van der Waals surface area contributed by atoms with Gasteiger partial charge in [-0.15, -0.1) is 0 Å². The molecule has 0 atom stereocenters. The molecule has 0 radical (unpaired) electrons. The SMILES string of the molecule is COc1ccc2[nH]cc(S(=O)(=O)c3ccc(C)cc3)c(=O)c2c1. The van der Waals surface area contributed by atoms with Gasteiger partial charge in [0.05, 0.1) is 17.4 Å². The van der Waals surface area contributed by atoms with E-state index in [-0.39, 0.29) is 15.2 Å². The Morgan fingerprint density at radius 3 is 2.39 bits per heavy atom. The number of aryl methyl sites for hydroxylation is 1. The Morgan fingerprint density at radius 1 is 1.04 bits per heavy atom. The predicted octanol–water partition coefficient (Wildman–Crippen LogP) is 2.68. The maximum absolute atomic E-state index is 12.7. The summed E-state index contributed by atoms with van der Waals surface area (Å²) in [5.74, 6) is 0.493. The molecule has 1 heterocycles. The van der Waals surface area contributed by atoms with Gasteiger partial charge < -0.3 is 9.72 Å². The van der Waals surface area contributed by atoms with E-state index in [2.05, 4.69) is 4.98 Å². The van der Waals surface area contributed by atoms with Crippen LogP contribution in [0.15, 0.2) is 63.2 Å². The van der Waals surface area contributed by atoms with Gasteiger partial charge in [0, 0.05) is 11.7 Å². The summed E-state index contributed by atoms with van der Waals surface area (Å²) in [6.45, 7) is 1.87. The lowest BCUT2D eigenvalue weighted by Crippen LogP contribution is -2.16. The minimum absolute atomic E-state index is 0.0934. The second-order valence-corrected chi connectivity index (χ2v) is 7.13. The van der Waals surface area contributed by atoms with Crippen molar-refractivity contribution in [3.63, 3.8) is 0 Å². The summed E-state index contributed by atoms with van der Waals surface area (Å²) in [6, 6.07) is 11.3. The van der Waals surface area contributed by atoms with Crippen LogP contribution in [0.4, 0.5) is 0 Å². The predicted molar refractivity (Wildman–Crippen MR) is 87.8 cm³/mol. The molecule has 0 aliphatic heterocycles. The standard InChI is InChI=1S/C17H15NO4S/c1-11-3-6-13(7-4-11)23(20,21)16-10-18-15-8-5-12(22-2)9-14(15)17(16)19/h3-10H,1-2H3,(H,18,19). The van der Waals surface area contributed by atoms with E-state index in [9.17, 15) is 13.2 Å². The van der Waals surface area contributed by atoms with Crippen molar-refractivity contribution in [2.75, 3.05) is 7.11 Å². The van der Waals surface area contributed by atoms with Crippen LogP contribution in [0.5, 0.6) is 5.75 Å².